The Hall–Kier alpha value is -0.660. The summed E-state index contributed by atoms with van der Waals surface area (Å²) in [4.78, 5) is 5.36. The molecule has 1 atom stereocenters. The van der Waals surface area contributed by atoms with Crippen molar-refractivity contribution in [3.05, 3.63) is 12.4 Å². The Morgan fingerprint density at radius 3 is 0.972 bits per heavy atom. The lowest BCUT2D eigenvalue weighted by Crippen LogP contribution is -2.39. The normalized spacial score (nSPS) is 15.5. The van der Waals surface area contributed by atoms with Crippen LogP contribution in [0.5, 0.6) is 0 Å². The van der Waals surface area contributed by atoms with Crippen LogP contribution >= 0.6 is 0 Å². The first-order valence-electron chi connectivity index (χ1n) is 17.0. The first-order valence-corrected chi connectivity index (χ1v) is 17.0. The van der Waals surface area contributed by atoms with Gasteiger partial charge in [-0.2, -0.15) is 0 Å². The quantitative estimate of drug-likeness (QED) is 0.0977. The molecule has 0 fully saturated rings. The van der Waals surface area contributed by atoms with Gasteiger partial charge in [-0.05, 0) is 25.7 Å². The van der Waals surface area contributed by atoms with Gasteiger partial charge in [-0.3, -0.25) is 0 Å². The van der Waals surface area contributed by atoms with E-state index in [2.05, 4.69) is 43.0 Å². The average molecular weight is 505 g/mol. The number of rotatable bonds is 28. The fraction of sp³-hybridized carbons (Fsp3) is 0.941. The summed E-state index contributed by atoms with van der Waals surface area (Å²) in [5.41, 5.74) is 0. The van der Waals surface area contributed by atoms with Crippen molar-refractivity contribution in [3.8, 4) is 0 Å². The summed E-state index contributed by atoms with van der Waals surface area (Å²) in [6, 6.07) is 0. The second-order valence-corrected chi connectivity index (χ2v) is 11.8. The zero-order valence-electron chi connectivity index (χ0n) is 25.4. The molecule has 0 amide bonds. The summed E-state index contributed by atoms with van der Waals surface area (Å²) in [5, 5.41) is 0. The van der Waals surface area contributed by atoms with Crippen LogP contribution in [-0.4, -0.2) is 29.1 Å². The van der Waals surface area contributed by atoms with E-state index in [1.165, 1.54) is 180 Å². The van der Waals surface area contributed by atoms with E-state index in [4.69, 9.17) is 0 Å². The van der Waals surface area contributed by atoms with Gasteiger partial charge >= 0.3 is 0 Å². The minimum atomic E-state index is 0.643. The maximum absolute atomic E-state index is 2.69. The van der Waals surface area contributed by atoms with Crippen LogP contribution in [0.2, 0.25) is 0 Å². The van der Waals surface area contributed by atoms with Gasteiger partial charge in [0.25, 0.3) is 0 Å². The minimum Gasteiger partial charge on any atom is -0.356 e. The average Bonchev–Trinajstić information content (AvgIpc) is 3.27. The predicted octanol–water partition coefficient (Wildman–Crippen LogP) is 11.6. The van der Waals surface area contributed by atoms with Crippen molar-refractivity contribution in [3.63, 3.8) is 0 Å². The van der Waals surface area contributed by atoms with Crippen molar-refractivity contribution in [2.75, 3.05) is 13.1 Å². The van der Waals surface area contributed by atoms with Gasteiger partial charge in [-0.1, -0.05) is 162 Å². The molecule has 0 aromatic carbocycles. The summed E-state index contributed by atoms with van der Waals surface area (Å²) < 4.78 is 0. The van der Waals surface area contributed by atoms with Crippen molar-refractivity contribution in [1.29, 1.82) is 0 Å². The highest BCUT2D eigenvalue weighted by Crippen LogP contribution is 2.23. The Bertz CT molecular complexity index is 460. The monoisotopic (exact) mass is 505 g/mol. The summed E-state index contributed by atoms with van der Waals surface area (Å²) in [7, 11) is 0. The Balaban J connectivity index is 2.08. The smallest absolute Gasteiger partial charge is 0.101 e. The van der Waals surface area contributed by atoms with E-state index in [1.54, 1.807) is 0 Å². The second kappa shape index (κ2) is 26.0. The fourth-order valence-electron chi connectivity index (χ4n) is 5.83. The molecule has 214 valence electrons. The third-order valence-electron chi connectivity index (χ3n) is 8.32. The Labute approximate surface area is 229 Å². The second-order valence-electron chi connectivity index (χ2n) is 11.8. The molecule has 2 heteroatoms. The fourth-order valence-corrected chi connectivity index (χ4v) is 5.83. The zero-order chi connectivity index (χ0) is 25.9. The zero-order valence-corrected chi connectivity index (χ0v) is 25.4. The molecule has 1 unspecified atom stereocenters. The van der Waals surface area contributed by atoms with Crippen LogP contribution in [0, 0.1) is 0 Å². The van der Waals surface area contributed by atoms with Gasteiger partial charge < -0.3 is 9.80 Å². The lowest BCUT2D eigenvalue weighted by Gasteiger charge is -2.33. The molecule has 0 spiro atoms. The van der Waals surface area contributed by atoms with E-state index in [0.717, 1.165) is 0 Å². The molecule has 2 nitrogen and oxygen atoms in total. The van der Waals surface area contributed by atoms with E-state index >= 15 is 0 Å². The van der Waals surface area contributed by atoms with E-state index < -0.39 is 0 Å². The lowest BCUT2D eigenvalue weighted by molar-refractivity contribution is 0.135. The SMILES string of the molecule is CCCCCCCCCCCCCCCCCN1C=CN(CCCCCCCC)C1CCCCCC. The maximum atomic E-state index is 2.69. The van der Waals surface area contributed by atoms with Crippen LogP contribution in [0.1, 0.15) is 188 Å². The summed E-state index contributed by atoms with van der Waals surface area (Å²) >= 11 is 0. The molecule has 0 saturated carbocycles. The number of hydrogen-bond acceptors (Lipinski definition) is 2. The molecule has 1 aliphatic heterocycles. The maximum Gasteiger partial charge on any atom is 0.101 e. The molecule has 36 heavy (non-hydrogen) atoms. The molecule has 0 N–H and O–H groups in total. The van der Waals surface area contributed by atoms with E-state index in [0.29, 0.717) is 6.17 Å². The van der Waals surface area contributed by atoms with Gasteiger partial charge in [-0.25, -0.2) is 0 Å². The highest BCUT2D eigenvalue weighted by Gasteiger charge is 2.24. The van der Waals surface area contributed by atoms with E-state index in [-0.39, 0.29) is 0 Å². The minimum absolute atomic E-state index is 0.643. The molecule has 0 radical (unpaired) electrons. The Morgan fingerprint density at radius 1 is 0.361 bits per heavy atom. The first-order chi connectivity index (χ1) is 17.8. The van der Waals surface area contributed by atoms with Crippen molar-refractivity contribution < 1.29 is 0 Å². The molecule has 0 bridgehead atoms. The standard InChI is InChI=1S/C34H68N2/c1-4-7-10-13-15-16-17-18-19-20-21-22-23-25-28-31-36-33-32-35(30-27-24-14-11-8-5-2)34(36)29-26-12-9-6-3/h32-34H,4-31H2,1-3H3. The lowest BCUT2D eigenvalue weighted by atomic mass is 10.0. The molecular formula is C34H68N2. The van der Waals surface area contributed by atoms with Crippen LogP contribution in [-0.2, 0) is 0 Å². The van der Waals surface area contributed by atoms with Crippen LogP contribution in [0.25, 0.3) is 0 Å². The number of nitrogens with zero attached hydrogens (tertiary/aromatic N) is 2. The van der Waals surface area contributed by atoms with Gasteiger partial charge in [0.2, 0.25) is 0 Å². The summed E-state index contributed by atoms with van der Waals surface area (Å²) in [5.74, 6) is 0. The van der Waals surface area contributed by atoms with Crippen molar-refractivity contribution >= 4 is 0 Å². The Kier molecular flexibility index (Phi) is 24.1. The summed E-state index contributed by atoms with van der Waals surface area (Å²) in [6.07, 6.45) is 42.5. The van der Waals surface area contributed by atoms with E-state index in [9.17, 15) is 0 Å². The summed E-state index contributed by atoms with van der Waals surface area (Å²) in [6.45, 7) is 9.47. The molecule has 1 rings (SSSR count). The van der Waals surface area contributed by atoms with Crippen LogP contribution in [0.15, 0.2) is 12.4 Å². The third kappa shape index (κ3) is 18.6. The van der Waals surface area contributed by atoms with Crippen LogP contribution < -0.4 is 0 Å². The van der Waals surface area contributed by atoms with Crippen molar-refractivity contribution in [1.82, 2.24) is 9.80 Å². The molecule has 1 heterocycles. The third-order valence-corrected chi connectivity index (χ3v) is 8.32. The topological polar surface area (TPSA) is 6.48 Å². The van der Waals surface area contributed by atoms with Gasteiger partial charge in [0, 0.05) is 25.5 Å². The van der Waals surface area contributed by atoms with Crippen molar-refractivity contribution in [2.24, 2.45) is 0 Å². The van der Waals surface area contributed by atoms with Gasteiger partial charge in [0.05, 0.1) is 0 Å². The molecule has 1 aliphatic rings. The van der Waals surface area contributed by atoms with Crippen LogP contribution in [0.4, 0.5) is 0 Å². The number of unbranched alkanes of at least 4 members (excludes halogenated alkanes) is 22. The van der Waals surface area contributed by atoms with Gasteiger partial charge in [0.15, 0.2) is 0 Å². The number of hydrogen-bond donors (Lipinski definition) is 0. The largest absolute Gasteiger partial charge is 0.356 e. The van der Waals surface area contributed by atoms with Gasteiger partial charge in [0.1, 0.15) is 6.17 Å². The predicted molar refractivity (Wildman–Crippen MR) is 163 cm³/mol. The molecule has 0 aromatic heterocycles. The Morgan fingerprint density at radius 2 is 0.639 bits per heavy atom. The van der Waals surface area contributed by atoms with Crippen molar-refractivity contribution in [2.45, 2.75) is 194 Å². The molecular weight excluding hydrogens is 436 g/mol. The van der Waals surface area contributed by atoms with E-state index in [1.807, 2.05) is 0 Å². The highest BCUT2D eigenvalue weighted by molar-refractivity contribution is 4.97. The highest BCUT2D eigenvalue weighted by atomic mass is 15.4. The van der Waals surface area contributed by atoms with Crippen LogP contribution in [0.3, 0.4) is 0 Å². The molecule has 0 aliphatic carbocycles. The molecule has 0 saturated heterocycles. The molecule has 0 aromatic rings. The van der Waals surface area contributed by atoms with Gasteiger partial charge in [-0.15, -0.1) is 0 Å². The first kappa shape index (κ1) is 33.4.